The molecule has 1 aliphatic heterocycles. The van der Waals surface area contributed by atoms with Gasteiger partial charge in [-0.25, -0.2) is 24.0 Å². The van der Waals surface area contributed by atoms with E-state index in [4.69, 9.17) is 42.6 Å². The fourth-order valence-corrected chi connectivity index (χ4v) is 5.30. The van der Waals surface area contributed by atoms with Crippen LogP contribution in [0, 0.1) is 0 Å². The summed E-state index contributed by atoms with van der Waals surface area (Å²) >= 11 is 0.891. The second kappa shape index (κ2) is 22.0. The minimum absolute atomic E-state index is 0.128. The Balaban J connectivity index is 2.26. The zero-order valence-electron chi connectivity index (χ0n) is 33.9. The molecule has 1 aliphatic rings. The highest BCUT2D eigenvalue weighted by atomic mass is 32.1. The van der Waals surface area contributed by atoms with Crippen molar-refractivity contribution in [3.05, 3.63) is 0 Å². The van der Waals surface area contributed by atoms with Crippen LogP contribution in [0.25, 0.3) is 0 Å². The van der Waals surface area contributed by atoms with Crippen LogP contribution in [0.2, 0.25) is 0 Å². The van der Waals surface area contributed by atoms with E-state index in [0.29, 0.717) is 32.1 Å². The van der Waals surface area contributed by atoms with Gasteiger partial charge in [-0.05, 0) is 62.3 Å². The predicted octanol–water partition coefficient (Wildman–Crippen LogP) is 0.922. The fourth-order valence-electron chi connectivity index (χ4n) is 4.78. The molecule has 1 amide bonds. The van der Waals surface area contributed by atoms with Crippen LogP contribution < -0.4 is 9.64 Å². The second-order valence-electron chi connectivity index (χ2n) is 13.8. The van der Waals surface area contributed by atoms with E-state index >= 15 is 0 Å². The molecule has 57 heavy (non-hydrogen) atoms. The molecule has 1 aromatic rings. The Morgan fingerprint density at radius 3 is 1.47 bits per heavy atom. The van der Waals surface area contributed by atoms with E-state index in [-0.39, 0.29) is 19.0 Å². The Hall–Kier alpha value is -5.12. The molecule has 2 rings (SSSR count). The molecule has 0 N–H and O–H groups in total. The van der Waals surface area contributed by atoms with Gasteiger partial charge in [0.25, 0.3) is 11.8 Å². The van der Waals surface area contributed by atoms with Gasteiger partial charge in [0, 0.05) is 32.5 Å². The van der Waals surface area contributed by atoms with Gasteiger partial charge in [-0.3, -0.25) is 14.4 Å². The Kier molecular flexibility index (Phi) is 18.5. The van der Waals surface area contributed by atoms with Gasteiger partial charge < -0.3 is 52.4 Å². The highest BCUT2D eigenvalue weighted by Crippen LogP contribution is 2.27. The van der Waals surface area contributed by atoms with Crippen molar-refractivity contribution in [2.24, 2.45) is 0 Å². The van der Waals surface area contributed by atoms with E-state index in [1.807, 2.05) is 4.90 Å². The number of nitrogens with zero attached hydrogens (tertiary/aromatic N) is 4. The number of aromatic nitrogens is 2. The SMILES string of the molecule is CC(=O)OC(C)C(=O)OC(C)C(=O)OC(C)C(=O)O[C@H](COc1nsnc1N1CCOCC1)CN(C(=O)C(C)OC(=O)C(C)OC(=O)C(C)OC(C)=O)C(C)(C)C. The van der Waals surface area contributed by atoms with Gasteiger partial charge in [0.2, 0.25) is 5.82 Å². The lowest BCUT2D eigenvalue weighted by Crippen LogP contribution is -2.54. The quantitative estimate of drug-likeness (QED) is 0.139. The van der Waals surface area contributed by atoms with Crippen molar-refractivity contribution in [2.45, 2.75) is 124 Å². The maximum absolute atomic E-state index is 13.9. The molecule has 22 heteroatoms. The summed E-state index contributed by atoms with van der Waals surface area (Å²) in [5.41, 5.74) is -0.984. The lowest BCUT2D eigenvalue weighted by atomic mass is 10.0. The molecular weight excluding hydrogens is 780 g/mol. The molecule has 0 aromatic carbocycles. The molecule has 1 fully saturated rings. The number of rotatable bonds is 19. The lowest BCUT2D eigenvalue weighted by Gasteiger charge is -2.39. The number of carbonyl (C=O) groups excluding carboxylic acids is 8. The van der Waals surface area contributed by atoms with Gasteiger partial charge in [-0.1, -0.05) is 0 Å². The molecule has 0 radical (unpaired) electrons. The van der Waals surface area contributed by atoms with Crippen LogP contribution >= 0.6 is 11.7 Å². The Morgan fingerprint density at radius 2 is 1.05 bits per heavy atom. The van der Waals surface area contributed by atoms with Crippen molar-refractivity contribution in [2.75, 3.05) is 44.4 Å². The van der Waals surface area contributed by atoms with E-state index in [1.54, 1.807) is 20.8 Å². The van der Waals surface area contributed by atoms with Crippen molar-refractivity contribution >= 4 is 65.2 Å². The van der Waals surface area contributed by atoms with Gasteiger partial charge in [-0.2, -0.15) is 4.37 Å². The Bertz CT molecular complexity index is 1590. The van der Waals surface area contributed by atoms with Crippen molar-refractivity contribution in [3.63, 3.8) is 0 Å². The number of amides is 1. The molecule has 0 bridgehead atoms. The number of carbonyl (C=O) groups is 8. The molecule has 1 aromatic heterocycles. The largest absolute Gasteiger partial charge is 0.470 e. The molecule has 0 spiro atoms. The predicted molar refractivity (Wildman–Crippen MR) is 194 cm³/mol. The van der Waals surface area contributed by atoms with E-state index in [9.17, 15) is 38.4 Å². The zero-order valence-corrected chi connectivity index (χ0v) is 34.7. The summed E-state index contributed by atoms with van der Waals surface area (Å²) in [6.45, 7) is 15.9. The monoisotopic (exact) mass is 832 g/mol. The Labute approximate surface area is 334 Å². The first-order valence-corrected chi connectivity index (χ1v) is 18.7. The molecule has 0 aliphatic carbocycles. The average molecular weight is 833 g/mol. The molecular formula is C35H52N4O17S. The third-order valence-electron chi connectivity index (χ3n) is 7.77. The van der Waals surface area contributed by atoms with Gasteiger partial charge in [-0.15, -0.1) is 4.37 Å². The van der Waals surface area contributed by atoms with Crippen molar-refractivity contribution in [3.8, 4) is 5.88 Å². The fraction of sp³-hybridized carbons (Fsp3) is 0.714. The molecule has 21 nitrogen and oxygen atoms in total. The Morgan fingerprint density at radius 1 is 0.649 bits per heavy atom. The van der Waals surface area contributed by atoms with Crippen LogP contribution in [0.5, 0.6) is 5.88 Å². The van der Waals surface area contributed by atoms with Gasteiger partial charge >= 0.3 is 41.8 Å². The molecule has 1 saturated heterocycles. The normalized spacial score (nSPS) is 16.5. The van der Waals surface area contributed by atoms with Gasteiger partial charge in [0.05, 0.1) is 31.5 Å². The number of hydrogen-bond donors (Lipinski definition) is 0. The molecule has 0 saturated carbocycles. The minimum atomic E-state index is -1.55. The van der Waals surface area contributed by atoms with Crippen molar-refractivity contribution < 1.29 is 81.0 Å². The first kappa shape index (κ1) is 48.0. The number of anilines is 1. The van der Waals surface area contributed by atoms with E-state index in [1.165, 1.54) is 46.4 Å². The van der Waals surface area contributed by atoms with Crippen LogP contribution in [0.3, 0.4) is 0 Å². The molecule has 6 unspecified atom stereocenters. The highest BCUT2D eigenvalue weighted by molar-refractivity contribution is 6.99. The first-order chi connectivity index (χ1) is 26.5. The van der Waals surface area contributed by atoms with Crippen molar-refractivity contribution in [1.29, 1.82) is 0 Å². The number of esters is 7. The number of morpholine rings is 1. The van der Waals surface area contributed by atoms with E-state index in [2.05, 4.69) is 8.75 Å². The maximum Gasteiger partial charge on any atom is 0.347 e. The zero-order chi connectivity index (χ0) is 43.2. The number of ether oxygens (including phenoxy) is 9. The van der Waals surface area contributed by atoms with Crippen LogP contribution in [-0.2, 0) is 76.3 Å². The van der Waals surface area contributed by atoms with Gasteiger partial charge in [0.15, 0.2) is 42.7 Å². The molecule has 7 atom stereocenters. The van der Waals surface area contributed by atoms with Crippen molar-refractivity contribution in [1.82, 2.24) is 13.6 Å². The minimum Gasteiger partial charge on any atom is -0.470 e. The van der Waals surface area contributed by atoms with E-state index < -0.39 is 96.0 Å². The van der Waals surface area contributed by atoms with Crippen LogP contribution in [0.4, 0.5) is 5.82 Å². The summed E-state index contributed by atoms with van der Waals surface area (Å²) in [6, 6.07) is 0. The van der Waals surface area contributed by atoms with Gasteiger partial charge in [0.1, 0.15) is 6.61 Å². The number of hydrogen-bond acceptors (Lipinski definition) is 21. The summed E-state index contributed by atoms with van der Waals surface area (Å²) in [6.07, 6.45) is -9.83. The summed E-state index contributed by atoms with van der Waals surface area (Å²) < 4.78 is 55.7. The maximum atomic E-state index is 13.9. The topological polar surface area (TPSA) is 252 Å². The standard InChI is InChI=1S/C35H52N4O17S/c1-18(52-32(45)21(4)53-30(43)19(2)50-24(7)40)29(42)39(35(9,10)11)16-26(17-49-28-27(36-57-37-28)38-12-14-48-15-13-38)56-34(47)23(6)55-33(46)22(5)54-31(44)20(3)51-25(8)41/h18-23,26H,12-17H2,1-11H3/t18?,19?,20?,21?,22?,23?,26-/m0/s1. The summed E-state index contributed by atoms with van der Waals surface area (Å²) in [4.78, 5) is 103. The van der Waals surface area contributed by atoms with Crippen LogP contribution in [-0.4, -0.2) is 149 Å². The molecule has 2 heterocycles. The third-order valence-corrected chi connectivity index (χ3v) is 8.27. The molecule has 320 valence electrons. The summed E-state index contributed by atoms with van der Waals surface area (Å²) in [7, 11) is 0. The van der Waals surface area contributed by atoms with E-state index in [0.717, 1.165) is 25.6 Å². The van der Waals surface area contributed by atoms with Crippen LogP contribution in [0.1, 0.15) is 76.2 Å². The third kappa shape index (κ3) is 15.7. The average Bonchev–Trinajstić information content (AvgIpc) is 3.60. The lowest BCUT2D eigenvalue weighted by molar-refractivity contribution is -0.184. The first-order valence-electron chi connectivity index (χ1n) is 18.0. The second-order valence-corrected chi connectivity index (χ2v) is 14.3. The smallest absolute Gasteiger partial charge is 0.347 e. The summed E-state index contributed by atoms with van der Waals surface area (Å²) in [5, 5.41) is 0. The van der Waals surface area contributed by atoms with Crippen LogP contribution in [0.15, 0.2) is 0 Å². The summed E-state index contributed by atoms with van der Waals surface area (Å²) in [5.74, 6) is -6.91. The highest BCUT2D eigenvalue weighted by Gasteiger charge is 2.37.